The SMILES string of the molecule is C[C@]1(CC(=O)O)C[C@H](c2cccc(Cl)c2)C(c2ccc(Cl)cc2)N([C@@H](c2ccccn2)C2CC2)C1=O. The number of hydrogen-bond acceptors (Lipinski definition) is 3. The zero-order chi connectivity index (χ0) is 25.4. The number of halogens is 2. The third kappa shape index (κ3) is 4.87. The first kappa shape index (κ1) is 24.8. The number of aliphatic carboxylic acids is 1. The molecule has 1 aromatic heterocycles. The van der Waals surface area contributed by atoms with Crippen molar-refractivity contribution in [3.63, 3.8) is 0 Å². The lowest BCUT2D eigenvalue weighted by molar-refractivity contribution is -0.161. The highest BCUT2D eigenvalue weighted by atomic mass is 35.5. The molecule has 2 aliphatic rings. The van der Waals surface area contributed by atoms with E-state index in [0.29, 0.717) is 16.5 Å². The van der Waals surface area contributed by atoms with Crippen LogP contribution in [0.25, 0.3) is 0 Å². The largest absolute Gasteiger partial charge is 0.481 e. The predicted octanol–water partition coefficient (Wildman–Crippen LogP) is 7.08. The van der Waals surface area contributed by atoms with E-state index in [1.165, 1.54) is 0 Å². The summed E-state index contributed by atoms with van der Waals surface area (Å²) in [6.45, 7) is 1.79. The Hall–Kier alpha value is -2.89. The quantitative estimate of drug-likeness (QED) is 0.359. The molecule has 3 aromatic rings. The Labute approximate surface area is 221 Å². The highest BCUT2D eigenvalue weighted by molar-refractivity contribution is 6.30. The van der Waals surface area contributed by atoms with Crippen LogP contribution in [-0.4, -0.2) is 26.9 Å². The molecule has 0 bridgehead atoms. The molecular weight excluding hydrogens is 495 g/mol. The van der Waals surface area contributed by atoms with E-state index < -0.39 is 11.4 Å². The summed E-state index contributed by atoms with van der Waals surface area (Å²) in [6, 6.07) is 20.5. The van der Waals surface area contributed by atoms with E-state index in [2.05, 4.69) is 4.98 Å². The van der Waals surface area contributed by atoms with Gasteiger partial charge in [-0.15, -0.1) is 0 Å². The lowest BCUT2D eigenvalue weighted by Crippen LogP contribution is -2.54. The average Bonchev–Trinajstić information content (AvgIpc) is 3.68. The predicted molar refractivity (Wildman–Crippen MR) is 140 cm³/mol. The van der Waals surface area contributed by atoms with Gasteiger partial charge < -0.3 is 10.0 Å². The molecule has 7 heteroatoms. The second kappa shape index (κ2) is 9.87. The van der Waals surface area contributed by atoms with E-state index in [4.69, 9.17) is 23.2 Å². The minimum atomic E-state index is -1.08. The zero-order valence-corrected chi connectivity index (χ0v) is 21.5. The molecule has 186 valence electrons. The van der Waals surface area contributed by atoms with E-state index in [1.54, 1.807) is 13.1 Å². The summed E-state index contributed by atoms with van der Waals surface area (Å²) >= 11 is 12.7. The number of benzene rings is 2. The molecule has 2 heterocycles. The van der Waals surface area contributed by atoms with Crippen LogP contribution in [-0.2, 0) is 9.59 Å². The van der Waals surface area contributed by atoms with Gasteiger partial charge in [0.15, 0.2) is 0 Å². The summed E-state index contributed by atoms with van der Waals surface area (Å²) in [7, 11) is 0. The van der Waals surface area contributed by atoms with E-state index >= 15 is 0 Å². The van der Waals surface area contributed by atoms with Gasteiger partial charge in [-0.3, -0.25) is 14.6 Å². The maximum Gasteiger partial charge on any atom is 0.304 e. The van der Waals surface area contributed by atoms with Gasteiger partial charge in [0.25, 0.3) is 0 Å². The molecule has 1 unspecified atom stereocenters. The topological polar surface area (TPSA) is 70.5 Å². The van der Waals surface area contributed by atoms with Gasteiger partial charge in [0, 0.05) is 22.2 Å². The van der Waals surface area contributed by atoms with Crippen LogP contribution >= 0.6 is 23.2 Å². The van der Waals surface area contributed by atoms with Crippen LogP contribution in [0.2, 0.25) is 10.0 Å². The summed E-state index contributed by atoms with van der Waals surface area (Å²) in [5.41, 5.74) is 1.68. The number of carbonyl (C=O) groups is 2. The number of rotatable bonds is 7. The maximum absolute atomic E-state index is 14.4. The minimum Gasteiger partial charge on any atom is -0.481 e. The number of likely N-dealkylation sites (tertiary alicyclic amines) is 1. The Morgan fingerprint density at radius 1 is 1.06 bits per heavy atom. The number of carboxylic acid groups (broad SMARTS) is 1. The number of amides is 1. The van der Waals surface area contributed by atoms with Crippen LogP contribution in [0.4, 0.5) is 0 Å². The number of carbonyl (C=O) groups excluding carboxylic acids is 1. The number of nitrogens with zero attached hydrogens (tertiary/aromatic N) is 2. The van der Waals surface area contributed by atoms with Gasteiger partial charge >= 0.3 is 5.97 Å². The van der Waals surface area contributed by atoms with Crippen LogP contribution < -0.4 is 0 Å². The van der Waals surface area contributed by atoms with E-state index in [1.807, 2.05) is 71.6 Å². The normalized spacial score (nSPS) is 25.0. The maximum atomic E-state index is 14.4. The highest BCUT2D eigenvalue weighted by Crippen LogP contribution is 2.57. The molecule has 4 atom stereocenters. The first-order valence-electron chi connectivity index (χ1n) is 12.2. The Morgan fingerprint density at radius 2 is 1.81 bits per heavy atom. The lowest BCUT2D eigenvalue weighted by atomic mass is 9.66. The highest BCUT2D eigenvalue weighted by Gasteiger charge is 2.55. The van der Waals surface area contributed by atoms with E-state index in [-0.39, 0.29) is 36.2 Å². The molecule has 1 aliphatic carbocycles. The molecule has 5 rings (SSSR count). The molecule has 1 saturated carbocycles. The van der Waals surface area contributed by atoms with Crippen LogP contribution in [0, 0.1) is 11.3 Å². The number of carboxylic acids is 1. The van der Waals surface area contributed by atoms with Crippen LogP contribution in [0.1, 0.15) is 67.4 Å². The van der Waals surface area contributed by atoms with E-state index in [9.17, 15) is 14.7 Å². The van der Waals surface area contributed by atoms with Gasteiger partial charge in [-0.05, 0) is 72.7 Å². The summed E-state index contributed by atoms with van der Waals surface area (Å²) in [6.07, 6.45) is 3.89. The van der Waals surface area contributed by atoms with Crippen molar-refractivity contribution in [2.45, 2.75) is 50.6 Å². The third-order valence-electron chi connectivity index (χ3n) is 7.49. The molecular formula is C29H28Cl2N2O3. The second-order valence-corrected chi connectivity index (χ2v) is 11.1. The fourth-order valence-electron chi connectivity index (χ4n) is 5.76. The Kier molecular flexibility index (Phi) is 6.80. The van der Waals surface area contributed by atoms with Gasteiger partial charge in [0.1, 0.15) is 0 Å². The molecule has 0 radical (unpaired) electrons. The Morgan fingerprint density at radius 3 is 2.42 bits per heavy atom. The van der Waals surface area contributed by atoms with Gasteiger partial charge in [0.05, 0.1) is 29.6 Å². The van der Waals surface area contributed by atoms with Crippen LogP contribution in [0.3, 0.4) is 0 Å². The first-order chi connectivity index (χ1) is 17.3. The second-order valence-electron chi connectivity index (χ2n) is 10.2. The number of hydrogen-bond donors (Lipinski definition) is 1. The number of piperidine rings is 1. The Bertz CT molecular complexity index is 1260. The molecule has 5 nitrogen and oxygen atoms in total. The van der Waals surface area contributed by atoms with Crippen LogP contribution in [0.15, 0.2) is 72.9 Å². The summed E-state index contributed by atoms with van der Waals surface area (Å²) in [4.78, 5) is 33.0. The zero-order valence-electron chi connectivity index (χ0n) is 20.0. The average molecular weight is 523 g/mol. The van der Waals surface area contributed by atoms with Gasteiger partial charge in [-0.2, -0.15) is 0 Å². The molecule has 1 amide bonds. The van der Waals surface area contributed by atoms with Crippen LogP contribution in [0.5, 0.6) is 0 Å². The number of aromatic nitrogens is 1. The smallest absolute Gasteiger partial charge is 0.304 e. The van der Waals surface area contributed by atoms with Gasteiger partial charge in [-0.25, -0.2) is 0 Å². The minimum absolute atomic E-state index is 0.148. The van der Waals surface area contributed by atoms with Crippen molar-refractivity contribution in [3.05, 3.63) is 99.8 Å². The van der Waals surface area contributed by atoms with Gasteiger partial charge in [0.2, 0.25) is 5.91 Å². The Balaban J connectivity index is 1.73. The monoisotopic (exact) mass is 522 g/mol. The molecule has 2 aromatic carbocycles. The summed E-state index contributed by atoms with van der Waals surface area (Å²) < 4.78 is 0. The van der Waals surface area contributed by atoms with Crippen molar-refractivity contribution in [1.29, 1.82) is 0 Å². The van der Waals surface area contributed by atoms with Crippen molar-refractivity contribution in [1.82, 2.24) is 9.88 Å². The van der Waals surface area contributed by atoms with Crippen molar-refractivity contribution in [2.24, 2.45) is 11.3 Å². The molecule has 2 fully saturated rings. The molecule has 1 N–H and O–H groups in total. The van der Waals surface area contributed by atoms with Crippen molar-refractivity contribution >= 4 is 35.1 Å². The van der Waals surface area contributed by atoms with Crippen molar-refractivity contribution in [2.75, 3.05) is 0 Å². The third-order valence-corrected chi connectivity index (χ3v) is 7.98. The standard InChI is InChI=1S/C29H28Cl2N2O3/c1-29(17-25(34)35)16-23(20-5-4-6-22(31)15-20)26(18-10-12-21(30)13-11-18)33(28(29)36)27(19-8-9-19)24-7-2-3-14-32-24/h2-7,10-15,19,23,26-27H,8-9,16-17H2,1H3,(H,34,35)/t23-,26?,27-,29-/m1/s1. The first-order valence-corrected chi connectivity index (χ1v) is 13.0. The molecule has 0 spiro atoms. The number of pyridine rings is 1. The van der Waals surface area contributed by atoms with Crippen molar-refractivity contribution in [3.8, 4) is 0 Å². The van der Waals surface area contributed by atoms with Gasteiger partial charge in [-0.1, -0.05) is 60.5 Å². The molecule has 36 heavy (non-hydrogen) atoms. The fourth-order valence-corrected chi connectivity index (χ4v) is 6.09. The molecule has 1 saturated heterocycles. The lowest BCUT2D eigenvalue weighted by Gasteiger charge is -2.52. The van der Waals surface area contributed by atoms with E-state index in [0.717, 1.165) is 29.7 Å². The summed E-state index contributed by atoms with van der Waals surface area (Å²) in [5, 5.41) is 11.0. The molecule has 1 aliphatic heterocycles. The summed E-state index contributed by atoms with van der Waals surface area (Å²) in [5.74, 6) is -1.03. The fraction of sp³-hybridized carbons (Fsp3) is 0.345. The van der Waals surface area contributed by atoms with Crippen molar-refractivity contribution < 1.29 is 14.7 Å².